The fourth-order valence-corrected chi connectivity index (χ4v) is 8.22. The first kappa shape index (κ1) is 54.2. The van der Waals surface area contributed by atoms with Gasteiger partial charge >= 0.3 is 0 Å². The molecule has 1 heterocycles. The second kappa shape index (κ2) is 39.3. The SMILES string of the molecule is CCCCCCCCCCCCCCCCCCCCCCCC(=O)N[C@@H](CO[C@@H]1O[C@H](CO)[C@H](O)C(O)C1O)[C@H](O)CCCCCCCCCCCCCCC. The summed E-state index contributed by atoms with van der Waals surface area (Å²) in [5.41, 5.74) is 0. The summed E-state index contributed by atoms with van der Waals surface area (Å²) in [7, 11) is 0. The van der Waals surface area contributed by atoms with Crippen molar-refractivity contribution in [2.45, 2.75) is 288 Å². The highest BCUT2D eigenvalue weighted by Crippen LogP contribution is 2.23. The molecule has 0 aliphatic carbocycles. The molecular weight excluding hydrogens is 719 g/mol. The lowest BCUT2D eigenvalue weighted by Gasteiger charge is -2.40. The lowest BCUT2D eigenvalue weighted by atomic mass is 9.99. The molecule has 9 nitrogen and oxygen atoms in total. The van der Waals surface area contributed by atoms with Gasteiger partial charge in [0.05, 0.1) is 25.4 Å². The van der Waals surface area contributed by atoms with Crippen LogP contribution >= 0.6 is 0 Å². The minimum Gasteiger partial charge on any atom is -0.394 e. The van der Waals surface area contributed by atoms with Gasteiger partial charge in [-0.15, -0.1) is 0 Å². The van der Waals surface area contributed by atoms with Gasteiger partial charge in [-0.05, 0) is 12.8 Å². The van der Waals surface area contributed by atoms with Crippen LogP contribution in [0.1, 0.15) is 245 Å². The van der Waals surface area contributed by atoms with Gasteiger partial charge in [0.2, 0.25) is 5.91 Å². The molecule has 0 aromatic carbocycles. The van der Waals surface area contributed by atoms with Gasteiger partial charge in [0.15, 0.2) is 6.29 Å². The van der Waals surface area contributed by atoms with Crippen molar-refractivity contribution in [1.82, 2.24) is 5.32 Å². The fraction of sp³-hybridized carbons (Fsp3) is 0.979. The monoisotopic (exact) mass is 814 g/mol. The Kier molecular flexibility index (Phi) is 37.4. The van der Waals surface area contributed by atoms with E-state index in [1.54, 1.807) is 0 Å². The average Bonchev–Trinajstić information content (AvgIpc) is 3.21. The standard InChI is InChI=1S/C48H95NO8/c1-3-5-7-9-11-13-15-17-18-19-20-21-22-23-24-26-28-30-32-34-36-38-44(52)49-41(40-56-48-47(55)46(54)45(53)43(39-50)57-48)42(51)37-35-33-31-29-27-25-16-14-12-10-8-6-4-2/h41-43,45-48,50-51,53-55H,3-40H2,1-2H3,(H,49,52)/t41-,42+,43+,45-,46?,47?,48+/m0/s1. The van der Waals surface area contributed by atoms with E-state index in [1.165, 1.54) is 180 Å². The topological polar surface area (TPSA) is 149 Å². The molecule has 0 spiro atoms. The number of nitrogens with one attached hydrogen (secondary N) is 1. The maximum absolute atomic E-state index is 13.0. The van der Waals surface area contributed by atoms with Crippen LogP contribution in [-0.4, -0.2) is 87.5 Å². The number of amides is 1. The van der Waals surface area contributed by atoms with Crippen molar-refractivity contribution in [1.29, 1.82) is 0 Å². The summed E-state index contributed by atoms with van der Waals surface area (Å²) in [6, 6.07) is -0.711. The molecule has 0 aromatic heterocycles. The van der Waals surface area contributed by atoms with Gasteiger partial charge in [-0.2, -0.15) is 0 Å². The summed E-state index contributed by atoms with van der Waals surface area (Å²) in [4.78, 5) is 13.0. The molecule has 1 amide bonds. The van der Waals surface area contributed by atoms with Gasteiger partial charge in [0.25, 0.3) is 0 Å². The van der Waals surface area contributed by atoms with Crippen LogP contribution in [0.15, 0.2) is 0 Å². The Morgan fingerprint density at radius 1 is 0.526 bits per heavy atom. The number of unbranched alkanes of at least 4 members (excludes halogenated alkanes) is 32. The number of hydrogen-bond donors (Lipinski definition) is 6. The molecule has 57 heavy (non-hydrogen) atoms. The van der Waals surface area contributed by atoms with Crippen LogP contribution in [0.4, 0.5) is 0 Å². The number of carbonyl (C=O) groups is 1. The average molecular weight is 814 g/mol. The van der Waals surface area contributed by atoms with Gasteiger partial charge in [-0.25, -0.2) is 0 Å². The maximum Gasteiger partial charge on any atom is 0.220 e. The third-order valence-electron chi connectivity index (χ3n) is 12.2. The summed E-state index contributed by atoms with van der Waals surface area (Å²) in [5, 5.41) is 54.4. The highest BCUT2D eigenvalue weighted by Gasteiger charge is 2.44. The molecule has 0 radical (unpaired) electrons. The van der Waals surface area contributed by atoms with Crippen LogP contribution in [0.5, 0.6) is 0 Å². The molecule has 1 fully saturated rings. The van der Waals surface area contributed by atoms with Crippen molar-refractivity contribution in [2.24, 2.45) is 0 Å². The molecular formula is C48H95NO8. The predicted octanol–water partition coefficient (Wildman–Crippen LogP) is 10.7. The Balaban J connectivity index is 2.24. The van der Waals surface area contributed by atoms with Crippen LogP contribution in [0.3, 0.4) is 0 Å². The van der Waals surface area contributed by atoms with E-state index in [2.05, 4.69) is 19.2 Å². The van der Waals surface area contributed by atoms with E-state index in [1.807, 2.05) is 0 Å². The van der Waals surface area contributed by atoms with Crippen molar-refractivity contribution in [2.75, 3.05) is 13.2 Å². The molecule has 7 atom stereocenters. The van der Waals surface area contributed by atoms with Gasteiger partial charge < -0.3 is 40.3 Å². The molecule has 1 aliphatic heterocycles. The summed E-state index contributed by atoms with van der Waals surface area (Å²) >= 11 is 0. The minimum atomic E-state index is -1.55. The van der Waals surface area contributed by atoms with E-state index >= 15 is 0 Å². The molecule has 6 N–H and O–H groups in total. The third kappa shape index (κ3) is 30.0. The number of aliphatic hydroxyl groups excluding tert-OH is 5. The van der Waals surface area contributed by atoms with E-state index in [-0.39, 0.29) is 12.5 Å². The largest absolute Gasteiger partial charge is 0.394 e. The first-order chi connectivity index (χ1) is 27.8. The highest BCUT2D eigenvalue weighted by molar-refractivity contribution is 5.76. The fourth-order valence-electron chi connectivity index (χ4n) is 8.22. The Bertz CT molecular complexity index is 862. The van der Waals surface area contributed by atoms with Crippen molar-refractivity contribution < 1.29 is 39.8 Å². The van der Waals surface area contributed by atoms with Gasteiger partial charge in [-0.3, -0.25) is 4.79 Å². The summed E-state index contributed by atoms with van der Waals surface area (Å²) < 4.78 is 11.3. The zero-order valence-electron chi connectivity index (χ0n) is 37.4. The van der Waals surface area contributed by atoms with Crippen LogP contribution in [0.25, 0.3) is 0 Å². The van der Waals surface area contributed by atoms with Crippen LogP contribution in [0, 0.1) is 0 Å². The van der Waals surface area contributed by atoms with Crippen LogP contribution < -0.4 is 5.32 Å². The maximum atomic E-state index is 13.0. The molecule has 1 rings (SSSR count). The number of hydrogen-bond acceptors (Lipinski definition) is 8. The smallest absolute Gasteiger partial charge is 0.220 e. The summed E-state index contributed by atoms with van der Waals surface area (Å²) in [6.07, 6.45) is 36.8. The molecule has 1 saturated heterocycles. The molecule has 340 valence electrons. The number of ether oxygens (including phenoxy) is 2. The minimum absolute atomic E-state index is 0.132. The molecule has 1 aliphatic rings. The second-order valence-corrected chi connectivity index (χ2v) is 17.6. The molecule has 0 bridgehead atoms. The quantitative estimate of drug-likeness (QED) is 0.0334. The number of carbonyl (C=O) groups excluding carboxylic acids is 1. The molecule has 0 saturated carbocycles. The number of rotatable bonds is 42. The lowest BCUT2D eigenvalue weighted by molar-refractivity contribution is -0.302. The molecule has 2 unspecified atom stereocenters. The van der Waals surface area contributed by atoms with Crippen molar-refractivity contribution in [3.8, 4) is 0 Å². The predicted molar refractivity (Wildman–Crippen MR) is 235 cm³/mol. The first-order valence-electron chi connectivity index (χ1n) is 24.7. The Morgan fingerprint density at radius 3 is 1.25 bits per heavy atom. The van der Waals surface area contributed by atoms with Crippen molar-refractivity contribution in [3.05, 3.63) is 0 Å². The van der Waals surface area contributed by atoms with E-state index in [4.69, 9.17) is 9.47 Å². The van der Waals surface area contributed by atoms with Crippen LogP contribution in [0.2, 0.25) is 0 Å². The highest BCUT2D eigenvalue weighted by atomic mass is 16.7. The van der Waals surface area contributed by atoms with Crippen molar-refractivity contribution >= 4 is 5.91 Å². The lowest BCUT2D eigenvalue weighted by Crippen LogP contribution is -2.60. The Labute approximate surface area is 351 Å². The Hall–Kier alpha value is -0.810. The van der Waals surface area contributed by atoms with Crippen molar-refractivity contribution in [3.63, 3.8) is 0 Å². The normalized spacial score (nSPS) is 20.9. The van der Waals surface area contributed by atoms with Crippen LogP contribution in [-0.2, 0) is 14.3 Å². The first-order valence-corrected chi connectivity index (χ1v) is 24.7. The third-order valence-corrected chi connectivity index (χ3v) is 12.2. The van der Waals surface area contributed by atoms with Gasteiger partial charge in [-0.1, -0.05) is 226 Å². The number of aliphatic hydroxyl groups is 5. The van der Waals surface area contributed by atoms with E-state index in [0.717, 1.165) is 38.5 Å². The zero-order chi connectivity index (χ0) is 41.6. The van der Waals surface area contributed by atoms with Gasteiger partial charge in [0.1, 0.15) is 24.4 Å². The van der Waals surface area contributed by atoms with Gasteiger partial charge in [0, 0.05) is 6.42 Å². The van der Waals surface area contributed by atoms with E-state index < -0.39 is 49.5 Å². The second-order valence-electron chi connectivity index (χ2n) is 17.6. The summed E-state index contributed by atoms with van der Waals surface area (Å²) in [6.45, 7) is 3.85. The zero-order valence-corrected chi connectivity index (χ0v) is 37.4. The van der Waals surface area contributed by atoms with E-state index in [0.29, 0.717) is 12.8 Å². The molecule has 9 heteroatoms. The summed E-state index contributed by atoms with van der Waals surface area (Å²) in [5.74, 6) is -0.139. The van der Waals surface area contributed by atoms with E-state index in [9.17, 15) is 30.3 Å². The Morgan fingerprint density at radius 2 is 0.877 bits per heavy atom. The molecule has 0 aromatic rings.